The number of aliphatic hydroxyl groups is 1. The van der Waals surface area contributed by atoms with Crippen LogP contribution in [0.2, 0.25) is 0 Å². The van der Waals surface area contributed by atoms with E-state index in [4.69, 9.17) is 14.3 Å². The third-order valence-corrected chi connectivity index (χ3v) is 1.54. The first kappa shape index (κ1) is 8.77. The predicted octanol–water partition coefficient (Wildman–Crippen LogP) is 1.55. The number of furan rings is 1. The Bertz CT molecular complexity index is 209. The zero-order chi connectivity index (χ0) is 8.10. The molecule has 62 valence electrons. The SMILES string of the molecule is OCCOCc1ccc(Br)o1. The first-order chi connectivity index (χ1) is 5.33. The van der Waals surface area contributed by atoms with Gasteiger partial charge in [0.25, 0.3) is 0 Å². The first-order valence-electron chi connectivity index (χ1n) is 3.26. The summed E-state index contributed by atoms with van der Waals surface area (Å²) in [6.07, 6.45) is 0. The van der Waals surface area contributed by atoms with Gasteiger partial charge in [0, 0.05) is 0 Å². The van der Waals surface area contributed by atoms with Crippen molar-refractivity contribution in [2.24, 2.45) is 0 Å². The van der Waals surface area contributed by atoms with Gasteiger partial charge in [-0.25, -0.2) is 0 Å². The minimum Gasteiger partial charge on any atom is -0.452 e. The summed E-state index contributed by atoms with van der Waals surface area (Å²) in [4.78, 5) is 0. The third-order valence-electron chi connectivity index (χ3n) is 1.11. The van der Waals surface area contributed by atoms with E-state index < -0.39 is 0 Å². The van der Waals surface area contributed by atoms with Crippen molar-refractivity contribution in [3.05, 3.63) is 22.6 Å². The lowest BCUT2D eigenvalue weighted by molar-refractivity contribution is 0.0710. The molecule has 1 rings (SSSR count). The molecule has 4 heteroatoms. The van der Waals surface area contributed by atoms with Crippen LogP contribution in [0.15, 0.2) is 21.2 Å². The maximum atomic E-state index is 8.38. The van der Waals surface area contributed by atoms with Crippen LogP contribution in [0.3, 0.4) is 0 Å². The van der Waals surface area contributed by atoms with Crippen LogP contribution in [0.25, 0.3) is 0 Å². The first-order valence-corrected chi connectivity index (χ1v) is 4.05. The van der Waals surface area contributed by atoms with Crippen molar-refractivity contribution in [3.63, 3.8) is 0 Å². The van der Waals surface area contributed by atoms with E-state index in [1.807, 2.05) is 6.07 Å². The predicted molar refractivity (Wildman–Crippen MR) is 43.1 cm³/mol. The molecular formula is C7H9BrO3. The number of aliphatic hydroxyl groups excluding tert-OH is 1. The van der Waals surface area contributed by atoms with E-state index in [1.165, 1.54) is 0 Å². The Balaban J connectivity index is 2.27. The second-order valence-corrected chi connectivity index (χ2v) is 2.76. The minimum absolute atomic E-state index is 0.0435. The molecule has 0 amide bonds. The van der Waals surface area contributed by atoms with Crippen LogP contribution in [-0.2, 0) is 11.3 Å². The highest BCUT2D eigenvalue weighted by Gasteiger charge is 1.97. The molecule has 11 heavy (non-hydrogen) atoms. The highest BCUT2D eigenvalue weighted by molar-refractivity contribution is 9.10. The maximum Gasteiger partial charge on any atom is 0.169 e. The maximum absolute atomic E-state index is 8.38. The van der Waals surface area contributed by atoms with Crippen LogP contribution in [0.5, 0.6) is 0 Å². The Labute approximate surface area is 73.1 Å². The lowest BCUT2D eigenvalue weighted by Crippen LogP contribution is -1.97. The van der Waals surface area contributed by atoms with Crippen LogP contribution < -0.4 is 0 Å². The average Bonchev–Trinajstić information content (AvgIpc) is 2.37. The van der Waals surface area contributed by atoms with Crippen LogP contribution in [-0.4, -0.2) is 18.3 Å². The number of hydrogen-bond donors (Lipinski definition) is 1. The molecule has 1 N–H and O–H groups in total. The van der Waals surface area contributed by atoms with E-state index in [0.29, 0.717) is 17.9 Å². The smallest absolute Gasteiger partial charge is 0.169 e. The van der Waals surface area contributed by atoms with Gasteiger partial charge < -0.3 is 14.3 Å². The van der Waals surface area contributed by atoms with E-state index in [1.54, 1.807) is 6.07 Å². The van der Waals surface area contributed by atoms with Crippen molar-refractivity contribution >= 4 is 15.9 Å². The Kier molecular flexibility index (Phi) is 3.62. The summed E-state index contributed by atoms with van der Waals surface area (Å²) in [7, 11) is 0. The van der Waals surface area contributed by atoms with Gasteiger partial charge in [0.1, 0.15) is 12.4 Å². The second kappa shape index (κ2) is 4.54. The minimum atomic E-state index is 0.0435. The molecule has 0 radical (unpaired) electrons. The normalized spacial score (nSPS) is 10.4. The summed E-state index contributed by atoms with van der Waals surface area (Å²) in [5.41, 5.74) is 0. The summed E-state index contributed by atoms with van der Waals surface area (Å²) >= 11 is 3.17. The molecule has 0 atom stereocenters. The van der Waals surface area contributed by atoms with Gasteiger partial charge in [0.2, 0.25) is 0 Å². The molecule has 0 aromatic carbocycles. The topological polar surface area (TPSA) is 42.6 Å². The lowest BCUT2D eigenvalue weighted by atomic mass is 10.5. The molecule has 0 bridgehead atoms. The Hall–Kier alpha value is -0.320. The van der Waals surface area contributed by atoms with E-state index in [0.717, 1.165) is 5.76 Å². The van der Waals surface area contributed by atoms with E-state index in [9.17, 15) is 0 Å². The van der Waals surface area contributed by atoms with Gasteiger partial charge in [-0.1, -0.05) is 0 Å². The summed E-state index contributed by atoms with van der Waals surface area (Å²) in [5.74, 6) is 0.755. The average molecular weight is 221 g/mol. The molecule has 0 aliphatic rings. The summed E-state index contributed by atoms with van der Waals surface area (Å²) in [5, 5.41) is 8.38. The van der Waals surface area contributed by atoms with E-state index in [2.05, 4.69) is 15.9 Å². The van der Waals surface area contributed by atoms with Gasteiger partial charge in [0.15, 0.2) is 4.67 Å². The Morgan fingerprint density at radius 1 is 1.55 bits per heavy atom. The summed E-state index contributed by atoms with van der Waals surface area (Å²) in [6, 6.07) is 3.62. The van der Waals surface area contributed by atoms with Crippen LogP contribution in [0, 0.1) is 0 Å². The molecule has 0 saturated carbocycles. The highest BCUT2D eigenvalue weighted by atomic mass is 79.9. The molecule has 0 aliphatic carbocycles. The van der Waals surface area contributed by atoms with Gasteiger partial charge in [-0.2, -0.15) is 0 Å². The molecule has 0 spiro atoms. The van der Waals surface area contributed by atoms with Crippen molar-refractivity contribution < 1.29 is 14.3 Å². The number of rotatable bonds is 4. The number of ether oxygens (including phenoxy) is 1. The standard InChI is InChI=1S/C7H9BrO3/c8-7-2-1-6(11-7)5-10-4-3-9/h1-2,9H,3-5H2. The quantitative estimate of drug-likeness (QED) is 0.784. The van der Waals surface area contributed by atoms with Gasteiger partial charge in [0.05, 0.1) is 13.2 Å². The molecule has 1 aromatic rings. The fourth-order valence-corrected chi connectivity index (χ4v) is 1.01. The molecule has 0 unspecified atom stereocenters. The fraction of sp³-hybridized carbons (Fsp3) is 0.429. The van der Waals surface area contributed by atoms with E-state index >= 15 is 0 Å². The van der Waals surface area contributed by atoms with Crippen molar-refractivity contribution in [1.29, 1.82) is 0 Å². The van der Waals surface area contributed by atoms with Gasteiger partial charge in [-0.15, -0.1) is 0 Å². The molecule has 0 saturated heterocycles. The molecule has 1 aromatic heterocycles. The molecule has 3 nitrogen and oxygen atoms in total. The van der Waals surface area contributed by atoms with Gasteiger partial charge >= 0.3 is 0 Å². The Morgan fingerprint density at radius 2 is 2.36 bits per heavy atom. The van der Waals surface area contributed by atoms with Crippen molar-refractivity contribution in [2.45, 2.75) is 6.61 Å². The largest absolute Gasteiger partial charge is 0.452 e. The molecule has 0 fully saturated rings. The second-order valence-electron chi connectivity index (χ2n) is 1.98. The van der Waals surface area contributed by atoms with Crippen molar-refractivity contribution in [2.75, 3.05) is 13.2 Å². The molecule has 1 heterocycles. The lowest BCUT2D eigenvalue weighted by Gasteiger charge is -1.96. The highest BCUT2D eigenvalue weighted by Crippen LogP contribution is 2.14. The van der Waals surface area contributed by atoms with Gasteiger partial charge in [-0.05, 0) is 28.1 Å². The Morgan fingerprint density at radius 3 is 2.91 bits per heavy atom. The number of halogens is 1. The molecule has 0 aliphatic heterocycles. The molecular weight excluding hydrogens is 212 g/mol. The van der Waals surface area contributed by atoms with Crippen LogP contribution in [0.4, 0.5) is 0 Å². The zero-order valence-electron chi connectivity index (χ0n) is 5.92. The van der Waals surface area contributed by atoms with Crippen LogP contribution >= 0.6 is 15.9 Å². The van der Waals surface area contributed by atoms with Crippen molar-refractivity contribution in [3.8, 4) is 0 Å². The monoisotopic (exact) mass is 220 g/mol. The fourth-order valence-electron chi connectivity index (χ4n) is 0.667. The summed E-state index contributed by atoms with van der Waals surface area (Å²) < 4.78 is 10.9. The van der Waals surface area contributed by atoms with E-state index in [-0.39, 0.29) is 6.61 Å². The van der Waals surface area contributed by atoms with Gasteiger partial charge in [-0.3, -0.25) is 0 Å². The zero-order valence-corrected chi connectivity index (χ0v) is 7.50. The third kappa shape index (κ3) is 3.05. The van der Waals surface area contributed by atoms with Crippen LogP contribution in [0.1, 0.15) is 5.76 Å². The van der Waals surface area contributed by atoms with Crippen molar-refractivity contribution in [1.82, 2.24) is 0 Å². The summed E-state index contributed by atoms with van der Waals surface area (Å²) in [6.45, 7) is 0.798. The number of hydrogen-bond acceptors (Lipinski definition) is 3.